The van der Waals surface area contributed by atoms with Crippen LogP contribution in [0.1, 0.15) is 40.2 Å². The second-order valence-corrected chi connectivity index (χ2v) is 5.98. The molecule has 3 nitrogen and oxygen atoms in total. The van der Waals surface area contributed by atoms with Crippen molar-refractivity contribution in [1.29, 1.82) is 0 Å². The minimum Gasteiger partial charge on any atom is -0.281 e. The van der Waals surface area contributed by atoms with E-state index >= 15 is 0 Å². The maximum atomic E-state index is 12.1. The quantitative estimate of drug-likeness (QED) is 0.622. The second-order valence-electron chi connectivity index (χ2n) is 5.00. The number of imide groups is 1. The van der Waals surface area contributed by atoms with Crippen molar-refractivity contribution in [2.45, 2.75) is 25.1 Å². The monoisotopic (exact) mass is 309 g/mol. The minimum atomic E-state index is -0.202. The number of alkyl halides is 1. The Kier molecular flexibility index (Phi) is 3.57. The van der Waals surface area contributed by atoms with Gasteiger partial charge in [0.25, 0.3) is 5.91 Å². The first-order valence-corrected chi connectivity index (χ1v) is 6.91. The summed E-state index contributed by atoms with van der Waals surface area (Å²) in [5.41, 5.74) is 2.56. The van der Waals surface area contributed by atoms with E-state index in [1.54, 1.807) is 0 Å². The molecule has 2 amide bonds. The van der Waals surface area contributed by atoms with Crippen LogP contribution in [0.25, 0.3) is 0 Å². The highest BCUT2D eigenvalue weighted by atomic mass is 79.9. The van der Waals surface area contributed by atoms with E-state index in [-0.39, 0.29) is 16.6 Å². The first-order chi connectivity index (χ1) is 8.41. The van der Waals surface area contributed by atoms with Crippen molar-refractivity contribution in [3.63, 3.8) is 0 Å². The van der Waals surface area contributed by atoms with Crippen molar-refractivity contribution in [2.24, 2.45) is 5.92 Å². The predicted molar refractivity (Wildman–Crippen MR) is 73.8 cm³/mol. The number of likely N-dealkylation sites (N-methyl/N-ethyl adjacent to an activating group) is 1. The molecule has 4 heteroatoms. The van der Waals surface area contributed by atoms with Crippen LogP contribution in [0.5, 0.6) is 0 Å². The molecule has 96 valence electrons. The molecule has 1 unspecified atom stereocenters. The van der Waals surface area contributed by atoms with Crippen LogP contribution >= 0.6 is 15.9 Å². The predicted octanol–water partition coefficient (Wildman–Crippen LogP) is 2.93. The number of carbonyl (C=O) groups is 2. The third kappa shape index (κ3) is 2.21. The number of halogens is 1. The van der Waals surface area contributed by atoms with E-state index < -0.39 is 0 Å². The van der Waals surface area contributed by atoms with Crippen molar-refractivity contribution < 1.29 is 9.59 Å². The second kappa shape index (κ2) is 4.84. The topological polar surface area (TPSA) is 37.4 Å². The summed E-state index contributed by atoms with van der Waals surface area (Å²) in [6.07, 6.45) is 0.312. The van der Waals surface area contributed by atoms with Crippen LogP contribution in [0.4, 0.5) is 0 Å². The molecule has 0 spiro atoms. The van der Waals surface area contributed by atoms with Crippen LogP contribution in [0.15, 0.2) is 18.2 Å². The summed E-state index contributed by atoms with van der Waals surface area (Å²) in [7, 11) is 1.54. The van der Waals surface area contributed by atoms with E-state index in [4.69, 9.17) is 0 Å². The Morgan fingerprint density at radius 1 is 1.28 bits per heavy atom. The van der Waals surface area contributed by atoms with Gasteiger partial charge in [-0.3, -0.25) is 14.5 Å². The number of hydrogen-bond donors (Lipinski definition) is 0. The molecule has 1 aromatic rings. The zero-order chi connectivity index (χ0) is 13.4. The molecule has 0 aromatic heterocycles. The number of hydrogen-bond acceptors (Lipinski definition) is 2. The summed E-state index contributed by atoms with van der Waals surface area (Å²) in [4.78, 5) is 25.1. The summed E-state index contributed by atoms with van der Waals surface area (Å²) in [5.74, 6) is 0.104. The zero-order valence-corrected chi connectivity index (χ0v) is 12.3. The van der Waals surface area contributed by atoms with Crippen LogP contribution in [-0.2, 0) is 11.2 Å². The van der Waals surface area contributed by atoms with Crippen LogP contribution in [0.2, 0.25) is 0 Å². The molecule has 0 radical (unpaired) electrons. The van der Waals surface area contributed by atoms with Gasteiger partial charge in [-0.15, -0.1) is 0 Å². The molecule has 1 aromatic carbocycles. The average molecular weight is 310 g/mol. The lowest BCUT2D eigenvalue weighted by Gasteiger charge is -2.24. The molecule has 1 heterocycles. The van der Waals surface area contributed by atoms with Crippen LogP contribution in [0.3, 0.4) is 0 Å². The summed E-state index contributed by atoms with van der Waals surface area (Å²) in [6.45, 7) is 4.24. The zero-order valence-electron chi connectivity index (χ0n) is 10.7. The standard InChI is InChI=1S/C14H16BrNO2/c1-8(2)13(15)10-5-4-9-7-12(17)16(3)14(18)11(9)6-10/h4-6,8,13H,7H2,1-3H3. The fourth-order valence-corrected chi connectivity index (χ4v) is 2.36. The molecule has 0 saturated carbocycles. The SMILES string of the molecule is CC(C)C(Br)c1ccc2c(c1)C(=O)N(C)C(=O)C2. The minimum absolute atomic E-state index is 0.139. The average Bonchev–Trinajstić information content (AvgIpc) is 2.35. The Morgan fingerprint density at radius 2 is 1.94 bits per heavy atom. The van der Waals surface area contributed by atoms with Gasteiger partial charge in [-0.2, -0.15) is 0 Å². The fourth-order valence-electron chi connectivity index (χ4n) is 2.08. The molecular formula is C14H16BrNO2. The van der Waals surface area contributed by atoms with Gasteiger partial charge in [-0.25, -0.2) is 0 Å². The lowest BCUT2D eigenvalue weighted by molar-refractivity contribution is -0.127. The fraction of sp³-hybridized carbons (Fsp3) is 0.429. The van der Waals surface area contributed by atoms with Gasteiger partial charge in [0.05, 0.1) is 6.42 Å². The number of rotatable bonds is 2. The van der Waals surface area contributed by atoms with Crippen LogP contribution < -0.4 is 0 Å². The highest BCUT2D eigenvalue weighted by molar-refractivity contribution is 9.09. The molecule has 0 aliphatic carbocycles. The van der Waals surface area contributed by atoms with Gasteiger partial charge >= 0.3 is 0 Å². The van der Waals surface area contributed by atoms with Gasteiger partial charge < -0.3 is 0 Å². The van der Waals surface area contributed by atoms with E-state index in [0.29, 0.717) is 17.9 Å². The molecule has 18 heavy (non-hydrogen) atoms. The molecule has 1 aliphatic heterocycles. The van der Waals surface area contributed by atoms with Crippen molar-refractivity contribution >= 4 is 27.7 Å². The highest BCUT2D eigenvalue weighted by Crippen LogP contribution is 2.32. The van der Waals surface area contributed by atoms with E-state index in [1.165, 1.54) is 11.9 Å². The van der Waals surface area contributed by atoms with E-state index in [1.807, 2.05) is 18.2 Å². The summed E-state index contributed by atoms with van der Waals surface area (Å²) in [5, 5.41) is 0. The molecule has 0 bridgehead atoms. The largest absolute Gasteiger partial charge is 0.281 e. The van der Waals surface area contributed by atoms with Crippen LogP contribution in [0, 0.1) is 5.92 Å². The Labute approximate surface area is 115 Å². The number of benzene rings is 1. The Hall–Kier alpha value is -1.16. The number of fused-ring (bicyclic) bond motifs is 1. The molecule has 0 saturated heterocycles. The molecule has 0 N–H and O–H groups in total. The van der Waals surface area contributed by atoms with Gasteiger partial charge in [0.15, 0.2) is 0 Å². The summed E-state index contributed by atoms with van der Waals surface area (Å²) >= 11 is 3.63. The highest BCUT2D eigenvalue weighted by Gasteiger charge is 2.28. The van der Waals surface area contributed by atoms with Crippen molar-refractivity contribution in [1.82, 2.24) is 4.90 Å². The maximum Gasteiger partial charge on any atom is 0.260 e. The van der Waals surface area contributed by atoms with Gasteiger partial charge in [0.1, 0.15) is 0 Å². The lowest BCUT2D eigenvalue weighted by Crippen LogP contribution is -2.39. The van der Waals surface area contributed by atoms with Crippen molar-refractivity contribution in [3.05, 3.63) is 34.9 Å². The lowest BCUT2D eigenvalue weighted by atomic mass is 9.93. The Bertz CT molecular complexity index is 511. The van der Waals surface area contributed by atoms with E-state index in [9.17, 15) is 9.59 Å². The van der Waals surface area contributed by atoms with Gasteiger partial charge in [0.2, 0.25) is 5.91 Å². The third-order valence-corrected chi connectivity index (χ3v) is 4.87. The first kappa shape index (κ1) is 13.3. The Balaban J connectivity index is 2.44. The molecule has 1 atom stereocenters. The summed E-state index contributed by atoms with van der Waals surface area (Å²) < 4.78 is 0. The smallest absolute Gasteiger partial charge is 0.260 e. The number of carbonyl (C=O) groups excluding carboxylic acids is 2. The van der Waals surface area contributed by atoms with Crippen LogP contribution in [-0.4, -0.2) is 23.8 Å². The Morgan fingerprint density at radius 3 is 2.56 bits per heavy atom. The maximum absolute atomic E-state index is 12.1. The molecule has 0 fully saturated rings. The molecular weight excluding hydrogens is 294 g/mol. The van der Waals surface area contributed by atoms with Gasteiger partial charge in [-0.1, -0.05) is 41.9 Å². The first-order valence-electron chi connectivity index (χ1n) is 5.99. The molecule has 1 aliphatic rings. The number of nitrogens with zero attached hydrogens (tertiary/aromatic N) is 1. The van der Waals surface area contributed by atoms with Crippen molar-refractivity contribution in [3.8, 4) is 0 Å². The normalized spacial score (nSPS) is 17.1. The number of amides is 2. The third-order valence-electron chi connectivity index (χ3n) is 3.29. The van der Waals surface area contributed by atoms with Crippen molar-refractivity contribution in [2.75, 3.05) is 7.05 Å². The van der Waals surface area contributed by atoms with E-state index in [2.05, 4.69) is 29.8 Å². The van der Waals surface area contributed by atoms with Gasteiger partial charge in [0, 0.05) is 17.4 Å². The summed E-state index contributed by atoms with van der Waals surface area (Å²) in [6, 6.07) is 5.79. The van der Waals surface area contributed by atoms with Gasteiger partial charge in [-0.05, 0) is 23.1 Å². The van der Waals surface area contributed by atoms with E-state index in [0.717, 1.165) is 11.1 Å². The molecule has 2 rings (SSSR count).